The maximum Gasteiger partial charge on any atom is 0.225 e. The Morgan fingerprint density at radius 3 is 2.38 bits per heavy atom. The van der Waals surface area contributed by atoms with Gasteiger partial charge in [-0.1, -0.05) is 6.42 Å². The first-order valence-corrected chi connectivity index (χ1v) is 9.99. The molecule has 0 unspecified atom stereocenters. The molecule has 1 aliphatic heterocycles. The van der Waals surface area contributed by atoms with Crippen molar-refractivity contribution in [1.82, 2.24) is 14.8 Å². The summed E-state index contributed by atoms with van der Waals surface area (Å²) in [6, 6.07) is 2.14. The molecular formula is C20H28FN3O2. The zero-order valence-electron chi connectivity index (χ0n) is 15.3. The monoisotopic (exact) mass is 361 g/mol. The van der Waals surface area contributed by atoms with Gasteiger partial charge in [0, 0.05) is 44.2 Å². The molecular weight excluding hydrogens is 333 g/mol. The Morgan fingerprint density at radius 1 is 1.04 bits per heavy atom. The van der Waals surface area contributed by atoms with Crippen LogP contribution in [0.3, 0.4) is 0 Å². The molecule has 26 heavy (non-hydrogen) atoms. The van der Waals surface area contributed by atoms with Gasteiger partial charge in [-0.25, -0.2) is 4.39 Å². The lowest BCUT2D eigenvalue weighted by molar-refractivity contribution is -0.139. The smallest absolute Gasteiger partial charge is 0.225 e. The number of amides is 1. The topological polar surface area (TPSA) is 45.7 Å². The standard InChI is InChI=1S/C20H28FN3O2/c21-16-12-19(14-22-13-16)26-18-6-4-15(5-7-18)20(25)24-10-8-23(9-11-24)17-2-1-3-17/h12-15,17-18H,1-11H2. The Balaban J connectivity index is 1.22. The van der Waals surface area contributed by atoms with Crippen LogP contribution in [0.15, 0.2) is 18.5 Å². The van der Waals surface area contributed by atoms with Gasteiger partial charge in [-0.2, -0.15) is 0 Å². The first-order chi connectivity index (χ1) is 12.7. The summed E-state index contributed by atoms with van der Waals surface area (Å²) in [5.41, 5.74) is 0. The van der Waals surface area contributed by atoms with Crippen LogP contribution in [0, 0.1) is 11.7 Å². The highest BCUT2D eigenvalue weighted by Crippen LogP contribution is 2.30. The highest BCUT2D eigenvalue weighted by Gasteiger charge is 2.33. The van der Waals surface area contributed by atoms with E-state index in [9.17, 15) is 9.18 Å². The van der Waals surface area contributed by atoms with Crippen LogP contribution in [-0.2, 0) is 4.79 Å². The largest absolute Gasteiger partial charge is 0.489 e. The van der Waals surface area contributed by atoms with Crippen LogP contribution in [0.5, 0.6) is 5.75 Å². The van der Waals surface area contributed by atoms with Crippen molar-refractivity contribution in [2.45, 2.75) is 57.1 Å². The number of hydrogen-bond acceptors (Lipinski definition) is 4. The third-order valence-electron chi connectivity index (χ3n) is 6.22. The molecule has 0 atom stereocenters. The molecule has 4 rings (SSSR count). The third kappa shape index (κ3) is 4.00. The van der Waals surface area contributed by atoms with Crippen LogP contribution in [0.25, 0.3) is 0 Å². The molecule has 6 heteroatoms. The lowest BCUT2D eigenvalue weighted by Gasteiger charge is -2.43. The lowest BCUT2D eigenvalue weighted by Crippen LogP contribution is -2.54. The highest BCUT2D eigenvalue weighted by molar-refractivity contribution is 5.79. The van der Waals surface area contributed by atoms with Gasteiger partial charge in [-0.15, -0.1) is 0 Å². The van der Waals surface area contributed by atoms with E-state index in [1.807, 2.05) is 0 Å². The Bertz CT molecular complexity index is 621. The summed E-state index contributed by atoms with van der Waals surface area (Å²) in [6.07, 6.45) is 10.2. The minimum absolute atomic E-state index is 0.0538. The van der Waals surface area contributed by atoms with Gasteiger partial charge < -0.3 is 9.64 Å². The van der Waals surface area contributed by atoms with Crippen molar-refractivity contribution in [3.8, 4) is 5.75 Å². The molecule has 1 amide bonds. The van der Waals surface area contributed by atoms with Crippen molar-refractivity contribution >= 4 is 5.91 Å². The second-order valence-electron chi connectivity index (χ2n) is 7.88. The average molecular weight is 361 g/mol. The van der Waals surface area contributed by atoms with Gasteiger partial charge in [0.15, 0.2) is 0 Å². The van der Waals surface area contributed by atoms with E-state index < -0.39 is 0 Å². The van der Waals surface area contributed by atoms with Crippen LogP contribution in [-0.4, -0.2) is 59.0 Å². The van der Waals surface area contributed by atoms with Crippen molar-refractivity contribution in [3.63, 3.8) is 0 Å². The molecule has 3 fully saturated rings. The minimum atomic E-state index is -0.382. The molecule has 0 aromatic carbocycles. The Labute approximate surface area is 154 Å². The van der Waals surface area contributed by atoms with Crippen molar-refractivity contribution in [3.05, 3.63) is 24.3 Å². The molecule has 0 spiro atoms. The fourth-order valence-corrected chi connectivity index (χ4v) is 4.39. The van der Waals surface area contributed by atoms with Gasteiger partial charge >= 0.3 is 0 Å². The molecule has 142 valence electrons. The zero-order chi connectivity index (χ0) is 17.9. The first-order valence-electron chi connectivity index (χ1n) is 9.99. The summed E-state index contributed by atoms with van der Waals surface area (Å²) in [6.45, 7) is 3.81. The summed E-state index contributed by atoms with van der Waals surface area (Å²) >= 11 is 0. The Kier molecular flexibility index (Phi) is 5.38. The minimum Gasteiger partial charge on any atom is -0.489 e. The fourth-order valence-electron chi connectivity index (χ4n) is 4.39. The predicted octanol–water partition coefficient (Wildman–Crippen LogP) is 2.86. The summed E-state index contributed by atoms with van der Waals surface area (Å²) in [7, 11) is 0. The van der Waals surface area contributed by atoms with Crippen LogP contribution in [0.4, 0.5) is 4.39 Å². The van der Waals surface area contributed by atoms with E-state index in [0.717, 1.165) is 57.9 Å². The molecule has 0 radical (unpaired) electrons. The van der Waals surface area contributed by atoms with Gasteiger partial charge in [0.1, 0.15) is 11.6 Å². The van der Waals surface area contributed by atoms with E-state index >= 15 is 0 Å². The number of piperazine rings is 1. The van der Waals surface area contributed by atoms with Gasteiger partial charge in [-0.05, 0) is 38.5 Å². The Morgan fingerprint density at radius 2 is 1.77 bits per heavy atom. The van der Waals surface area contributed by atoms with Crippen LogP contribution < -0.4 is 4.74 Å². The van der Waals surface area contributed by atoms with Gasteiger partial charge in [-0.3, -0.25) is 14.7 Å². The summed E-state index contributed by atoms with van der Waals surface area (Å²) in [4.78, 5) is 21.3. The molecule has 1 saturated heterocycles. The quantitative estimate of drug-likeness (QED) is 0.827. The zero-order valence-corrected chi connectivity index (χ0v) is 15.3. The van der Waals surface area contributed by atoms with Crippen molar-refractivity contribution in [1.29, 1.82) is 0 Å². The van der Waals surface area contributed by atoms with E-state index in [4.69, 9.17) is 4.74 Å². The van der Waals surface area contributed by atoms with Gasteiger partial charge in [0.25, 0.3) is 0 Å². The SMILES string of the molecule is O=C(C1CCC(Oc2cncc(F)c2)CC1)N1CCN(C2CCC2)CC1. The number of nitrogens with zero attached hydrogens (tertiary/aromatic N) is 3. The number of pyridine rings is 1. The lowest BCUT2D eigenvalue weighted by atomic mass is 9.86. The fraction of sp³-hybridized carbons (Fsp3) is 0.700. The molecule has 0 N–H and O–H groups in total. The number of rotatable bonds is 4. The van der Waals surface area contributed by atoms with Crippen LogP contribution >= 0.6 is 0 Å². The van der Waals surface area contributed by atoms with Crippen molar-refractivity contribution in [2.24, 2.45) is 5.92 Å². The average Bonchev–Trinajstić information content (AvgIpc) is 2.61. The summed E-state index contributed by atoms with van der Waals surface area (Å²) in [5, 5.41) is 0. The normalized spacial score (nSPS) is 27.8. The van der Waals surface area contributed by atoms with E-state index in [2.05, 4.69) is 14.8 Å². The number of carbonyl (C=O) groups excluding carboxylic acids is 1. The molecule has 1 aromatic rings. The molecule has 2 aliphatic carbocycles. The molecule has 2 saturated carbocycles. The number of aromatic nitrogens is 1. The van der Waals surface area contributed by atoms with Gasteiger partial charge in [0.2, 0.25) is 5.91 Å². The molecule has 0 bridgehead atoms. The second kappa shape index (κ2) is 7.91. The van der Waals surface area contributed by atoms with Crippen LogP contribution in [0.2, 0.25) is 0 Å². The number of carbonyl (C=O) groups is 1. The maximum absolute atomic E-state index is 13.2. The molecule has 2 heterocycles. The second-order valence-corrected chi connectivity index (χ2v) is 7.88. The number of hydrogen-bond donors (Lipinski definition) is 0. The van der Waals surface area contributed by atoms with Gasteiger partial charge in [0.05, 0.1) is 18.5 Å². The third-order valence-corrected chi connectivity index (χ3v) is 6.22. The molecule has 1 aromatic heterocycles. The number of halogens is 1. The predicted molar refractivity (Wildman–Crippen MR) is 96.4 cm³/mol. The summed E-state index contributed by atoms with van der Waals surface area (Å²) in [5.74, 6) is 0.541. The highest BCUT2D eigenvalue weighted by atomic mass is 19.1. The first kappa shape index (κ1) is 17.7. The van der Waals surface area contributed by atoms with Crippen molar-refractivity contribution < 1.29 is 13.9 Å². The molecule has 3 aliphatic rings. The summed E-state index contributed by atoms with van der Waals surface area (Å²) < 4.78 is 19.0. The van der Waals surface area contributed by atoms with Crippen LogP contribution in [0.1, 0.15) is 44.9 Å². The van der Waals surface area contributed by atoms with E-state index in [1.54, 1.807) is 6.20 Å². The van der Waals surface area contributed by atoms with E-state index in [1.165, 1.54) is 31.5 Å². The number of ether oxygens (including phenoxy) is 1. The van der Waals surface area contributed by atoms with Crippen molar-refractivity contribution in [2.75, 3.05) is 26.2 Å². The van der Waals surface area contributed by atoms with E-state index in [0.29, 0.717) is 11.7 Å². The molecule has 5 nitrogen and oxygen atoms in total. The Hall–Kier alpha value is -1.69. The maximum atomic E-state index is 13.2. The van der Waals surface area contributed by atoms with E-state index in [-0.39, 0.29) is 17.8 Å².